The minimum Gasteiger partial charge on any atom is -0.367 e. The van der Waals surface area contributed by atoms with E-state index in [1.165, 1.54) is 25.7 Å². The van der Waals surface area contributed by atoms with E-state index in [2.05, 4.69) is 6.92 Å². The molecular weight excluding hydrogens is 168 g/mol. The maximum atomic E-state index is 5.43. The molecule has 0 aromatic heterocycles. The molecule has 0 aromatic carbocycles. The third-order valence-corrected chi connectivity index (χ3v) is 2.26. The number of hydrogen-bond acceptors (Lipinski definition) is 3. The number of rotatable bonds is 8. The van der Waals surface area contributed by atoms with E-state index < -0.39 is 0 Å². The van der Waals surface area contributed by atoms with E-state index in [4.69, 9.17) is 14.2 Å². The van der Waals surface area contributed by atoms with Crippen LogP contribution in [0.2, 0.25) is 0 Å². The van der Waals surface area contributed by atoms with Gasteiger partial charge in [0.05, 0.1) is 12.7 Å². The zero-order valence-corrected chi connectivity index (χ0v) is 8.62. The van der Waals surface area contributed by atoms with Crippen LogP contribution in [-0.4, -0.2) is 32.7 Å². The van der Waals surface area contributed by atoms with Gasteiger partial charge in [-0.25, -0.2) is 0 Å². The van der Waals surface area contributed by atoms with Gasteiger partial charge in [-0.2, -0.15) is 0 Å². The number of hydrogen-bond donors (Lipinski definition) is 0. The summed E-state index contributed by atoms with van der Waals surface area (Å²) in [5.74, 6) is 0. The van der Waals surface area contributed by atoms with Gasteiger partial charge in [0.1, 0.15) is 12.9 Å². The fraction of sp³-hybridized carbons (Fsp3) is 1.00. The molecule has 0 spiro atoms. The molecule has 1 aliphatic rings. The Balaban J connectivity index is 1.85. The standard InChI is InChI=1S/C10H20O3/c1-3-4-5-6-9-10(13-9)7-12-8-11-2/h9-10H,3-8H2,1-2H3/t9-,10-/m0/s1. The quantitative estimate of drug-likeness (QED) is 0.331. The summed E-state index contributed by atoms with van der Waals surface area (Å²) < 4.78 is 15.4. The first-order valence-electron chi connectivity index (χ1n) is 5.10. The highest BCUT2D eigenvalue weighted by Crippen LogP contribution is 2.27. The Kier molecular flexibility index (Phi) is 5.35. The van der Waals surface area contributed by atoms with E-state index in [0.717, 1.165) is 0 Å². The second-order valence-corrected chi connectivity index (χ2v) is 3.49. The molecule has 0 aliphatic carbocycles. The van der Waals surface area contributed by atoms with Gasteiger partial charge >= 0.3 is 0 Å². The van der Waals surface area contributed by atoms with Gasteiger partial charge in [0, 0.05) is 7.11 Å². The van der Waals surface area contributed by atoms with Gasteiger partial charge in [-0.05, 0) is 6.42 Å². The van der Waals surface area contributed by atoms with Gasteiger partial charge < -0.3 is 14.2 Å². The van der Waals surface area contributed by atoms with Crippen molar-refractivity contribution in [1.82, 2.24) is 0 Å². The lowest BCUT2D eigenvalue weighted by Crippen LogP contribution is -2.06. The normalized spacial score (nSPS) is 26.3. The highest BCUT2D eigenvalue weighted by atomic mass is 16.7. The lowest BCUT2D eigenvalue weighted by Gasteiger charge is -1.98. The van der Waals surface area contributed by atoms with Crippen molar-refractivity contribution in [3.05, 3.63) is 0 Å². The van der Waals surface area contributed by atoms with Crippen molar-refractivity contribution in [2.75, 3.05) is 20.5 Å². The summed E-state index contributed by atoms with van der Waals surface area (Å²) in [4.78, 5) is 0. The lowest BCUT2D eigenvalue weighted by molar-refractivity contribution is -0.0351. The molecule has 1 fully saturated rings. The fourth-order valence-corrected chi connectivity index (χ4v) is 1.42. The van der Waals surface area contributed by atoms with Crippen LogP contribution in [0.3, 0.4) is 0 Å². The molecule has 3 nitrogen and oxygen atoms in total. The maximum Gasteiger partial charge on any atom is 0.146 e. The van der Waals surface area contributed by atoms with E-state index >= 15 is 0 Å². The van der Waals surface area contributed by atoms with Gasteiger partial charge in [0.2, 0.25) is 0 Å². The summed E-state index contributed by atoms with van der Waals surface area (Å²) in [5.41, 5.74) is 0. The van der Waals surface area contributed by atoms with Crippen molar-refractivity contribution < 1.29 is 14.2 Å². The van der Waals surface area contributed by atoms with Gasteiger partial charge in [-0.15, -0.1) is 0 Å². The van der Waals surface area contributed by atoms with Crippen molar-refractivity contribution in [3.63, 3.8) is 0 Å². The second kappa shape index (κ2) is 6.35. The molecule has 0 bridgehead atoms. The molecule has 0 radical (unpaired) electrons. The van der Waals surface area contributed by atoms with Gasteiger partial charge in [0.25, 0.3) is 0 Å². The molecule has 0 aromatic rings. The molecule has 0 N–H and O–H groups in total. The number of epoxide rings is 1. The van der Waals surface area contributed by atoms with Crippen LogP contribution < -0.4 is 0 Å². The second-order valence-electron chi connectivity index (χ2n) is 3.49. The first-order chi connectivity index (χ1) is 6.38. The van der Waals surface area contributed by atoms with Gasteiger partial charge in [-0.3, -0.25) is 0 Å². The van der Waals surface area contributed by atoms with Crippen LogP contribution in [0, 0.1) is 0 Å². The number of unbranched alkanes of at least 4 members (excludes halogenated alkanes) is 2. The Morgan fingerprint density at radius 2 is 2.08 bits per heavy atom. The molecule has 1 aliphatic heterocycles. The molecule has 3 heteroatoms. The lowest BCUT2D eigenvalue weighted by atomic mass is 10.1. The molecule has 1 saturated heterocycles. The molecular formula is C10H20O3. The van der Waals surface area contributed by atoms with E-state index in [0.29, 0.717) is 25.6 Å². The van der Waals surface area contributed by atoms with E-state index in [9.17, 15) is 0 Å². The Hall–Kier alpha value is -0.120. The summed E-state index contributed by atoms with van der Waals surface area (Å²) in [6.45, 7) is 3.28. The van der Waals surface area contributed by atoms with Crippen LogP contribution in [0.25, 0.3) is 0 Å². The first-order valence-corrected chi connectivity index (χ1v) is 5.10. The zero-order valence-electron chi connectivity index (χ0n) is 8.62. The molecule has 1 rings (SSSR count). The third kappa shape index (κ3) is 4.60. The largest absolute Gasteiger partial charge is 0.367 e. The Morgan fingerprint density at radius 1 is 1.23 bits per heavy atom. The van der Waals surface area contributed by atoms with Crippen LogP contribution in [0.15, 0.2) is 0 Å². The monoisotopic (exact) mass is 188 g/mol. The van der Waals surface area contributed by atoms with Gasteiger partial charge in [0.15, 0.2) is 0 Å². The SMILES string of the molecule is CCCCC[C@@H]1O[C@H]1COCOC. The van der Waals surface area contributed by atoms with Crippen LogP contribution in [0.1, 0.15) is 32.6 Å². The zero-order chi connectivity index (χ0) is 9.52. The number of ether oxygens (including phenoxy) is 3. The van der Waals surface area contributed by atoms with Crippen molar-refractivity contribution in [2.45, 2.75) is 44.8 Å². The van der Waals surface area contributed by atoms with Crippen molar-refractivity contribution in [3.8, 4) is 0 Å². The Morgan fingerprint density at radius 3 is 2.77 bits per heavy atom. The summed E-state index contributed by atoms with van der Waals surface area (Å²) in [5, 5.41) is 0. The minimum absolute atomic E-state index is 0.340. The summed E-state index contributed by atoms with van der Waals surface area (Å²) in [6.07, 6.45) is 5.86. The van der Waals surface area contributed by atoms with Crippen molar-refractivity contribution in [1.29, 1.82) is 0 Å². The topological polar surface area (TPSA) is 31.0 Å². The predicted octanol–water partition coefficient (Wildman–Crippen LogP) is 1.95. The number of methoxy groups -OCH3 is 1. The predicted molar refractivity (Wildman–Crippen MR) is 50.6 cm³/mol. The Bertz CT molecular complexity index is 113. The molecule has 0 saturated carbocycles. The Labute approximate surface area is 80.4 Å². The average molecular weight is 188 g/mol. The third-order valence-electron chi connectivity index (χ3n) is 2.26. The van der Waals surface area contributed by atoms with Crippen LogP contribution in [0.4, 0.5) is 0 Å². The molecule has 1 heterocycles. The van der Waals surface area contributed by atoms with E-state index in [1.54, 1.807) is 7.11 Å². The molecule has 78 valence electrons. The molecule has 13 heavy (non-hydrogen) atoms. The van der Waals surface area contributed by atoms with Crippen molar-refractivity contribution >= 4 is 0 Å². The van der Waals surface area contributed by atoms with Crippen LogP contribution in [0.5, 0.6) is 0 Å². The average Bonchev–Trinajstić information content (AvgIpc) is 2.85. The summed E-state index contributed by atoms with van der Waals surface area (Å²) in [7, 11) is 1.63. The molecule has 0 unspecified atom stereocenters. The first kappa shape index (κ1) is 11.0. The van der Waals surface area contributed by atoms with Gasteiger partial charge in [-0.1, -0.05) is 26.2 Å². The minimum atomic E-state index is 0.340. The van der Waals surface area contributed by atoms with Crippen LogP contribution >= 0.6 is 0 Å². The van der Waals surface area contributed by atoms with Crippen LogP contribution in [-0.2, 0) is 14.2 Å². The summed E-state index contributed by atoms with van der Waals surface area (Å²) >= 11 is 0. The molecule has 0 amide bonds. The highest BCUT2D eigenvalue weighted by molar-refractivity contribution is 4.84. The summed E-state index contributed by atoms with van der Waals surface area (Å²) in [6, 6.07) is 0. The maximum absolute atomic E-state index is 5.43. The fourth-order valence-electron chi connectivity index (χ4n) is 1.42. The van der Waals surface area contributed by atoms with Crippen molar-refractivity contribution in [2.24, 2.45) is 0 Å². The smallest absolute Gasteiger partial charge is 0.146 e. The van der Waals surface area contributed by atoms with E-state index in [1.807, 2.05) is 0 Å². The highest BCUT2D eigenvalue weighted by Gasteiger charge is 2.37. The van der Waals surface area contributed by atoms with E-state index in [-0.39, 0.29) is 0 Å². The molecule has 2 atom stereocenters.